The van der Waals surface area contributed by atoms with Gasteiger partial charge in [-0.05, 0) is 52.1 Å². The number of hydrogen-bond acceptors (Lipinski definition) is 4. The second-order valence-electron chi connectivity index (χ2n) is 11.0. The molecule has 0 amide bonds. The molecule has 3 aromatic heterocycles. The van der Waals surface area contributed by atoms with Gasteiger partial charge in [-0.1, -0.05) is 115 Å². The molecule has 0 atom stereocenters. The summed E-state index contributed by atoms with van der Waals surface area (Å²) in [6, 6.07) is 49.2. The first kappa shape index (κ1) is 25.0. The molecule has 3 nitrogen and oxygen atoms in total. The minimum Gasteiger partial charge on any atom is -0.451 e. The molecule has 0 unspecified atom stereocenters. The van der Waals surface area contributed by atoms with Gasteiger partial charge < -0.3 is 4.42 Å². The Morgan fingerprint density at radius 2 is 1.09 bits per heavy atom. The molecule has 0 radical (unpaired) electrons. The number of aromatic nitrogens is 2. The quantitative estimate of drug-likeness (QED) is 0.208. The third kappa shape index (κ3) is 3.96. The van der Waals surface area contributed by atoms with Crippen LogP contribution < -0.4 is 0 Å². The van der Waals surface area contributed by atoms with E-state index in [2.05, 4.69) is 126 Å². The topological polar surface area (TPSA) is 38.9 Å². The van der Waals surface area contributed by atoms with Crippen LogP contribution in [0.3, 0.4) is 0 Å². The van der Waals surface area contributed by atoms with Crippen LogP contribution in [0.2, 0.25) is 0 Å². The lowest BCUT2D eigenvalue weighted by Crippen LogP contribution is -1.88. The first-order chi connectivity index (χ1) is 21.8. The van der Waals surface area contributed by atoms with Gasteiger partial charge in [-0.25, -0.2) is 9.97 Å². The number of furan rings is 1. The normalized spacial score (nSPS) is 11.6. The highest BCUT2D eigenvalue weighted by molar-refractivity contribution is 7.26. The first-order valence-electron chi connectivity index (χ1n) is 14.6. The summed E-state index contributed by atoms with van der Waals surface area (Å²) in [5.74, 6) is 0. The Hall–Kier alpha value is -5.58. The summed E-state index contributed by atoms with van der Waals surface area (Å²) in [6.45, 7) is 0. The molecular formula is C40H24N2OS. The van der Waals surface area contributed by atoms with Gasteiger partial charge in [0.1, 0.15) is 23.1 Å². The smallest absolute Gasteiger partial charge is 0.180 e. The van der Waals surface area contributed by atoms with Gasteiger partial charge >= 0.3 is 0 Å². The van der Waals surface area contributed by atoms with E-state index in [9.17, 15) is 0 Å². The monoisotopic (exact) mass is 580 g/mol. The lowest BCUT2D eigenvalue weighted by atomic mass is 9.96. The highest BCUT2D eigenvalue weighted by Crippen LogP contribution is 2.41. The molecule has 0 bridgehead atoms. The van der Waals surface area contributed by atoms with Crippen molar-refractivity contribution in [3.8, 4) is 44.6 Å². The van der Waals surface area contributed by atoms with Crippen LogP contribution >= 0.6 is 11.3 Å². The van der Waals surface area contributed by atoms with Gasteiger partial charge in [0.05, 0.1) is 0 Å². The van der Waals surface area contributed by atoms with E-state index in [-0.39, 0.29) is 0 Å². The van der Waals surface area contributed by atoms with Crippen LogP contribution in [-0.2, 0) is 0 Å². The lowest BCUT2D eigenvalue weighted by Gasteiger charge is -2.09. The number of thiophene rings is 1. The van der Waals surface area contributed by atoms with E-state index in [4.69, 9.17) is 9.40 Å². The predicted molar refractivity (Wildman–Crippen MR) is 184 cm³/mol. The van der Waals surface area contributed by atoms with Gasteiger partial charge in [0.25, 0.3) is 0 Å². The zero-order valence-electron chi connectivity index (χ0n) is 23.6. The van der Waals surface area contributed by atoms with Crippen LogP contribution in [0.15, 0.2) is 150 Å². The van der Waals surface area contributed by atoms with Gasteiger partial charge in [0.2, 0.25) is 0 Å². The Bertz CT molecular complexity index is 2510. The van der Waals surface area contributed by atoms with Crippen molar-refractivity contribution in [3.63, 3.8) is 0 Å². The molecule has 0 aliphatic rings. The molecule has 3 heterocycles. The molecular weight excluding hydrogens is 557 g/mol. The summed E-state index contributed by atoms with van der Waals surface area (Å²) in [6.07, 6.45) is 1.64. The van der Waals surface area contributed by atoms with Gasteiger partial charge in [-0.15, -0.1) is 11.3 Å². The zero-order chi connectivity index (χ0) is 29.0. The second-order valence-corrected chi connectivity index (χ2v) is 12.0. The minimum atomic E-state index is 0.702. The summed E-state index contributed by atoms with van der Waals surface area (Å²) in [7, 11) is 0. The van der Waals surface area contributed by atoms with Gasteiger partial charge in [-0.3, -0.25) is 0 Å². The SMILES string of the molecule is c1ccc(-c2cccc3c2oc2c(-c4cccc(-c5cccc(-c6cccc7c6sc6ccccc67)c5)c4)ncnc23)cc1. The van der Waals surface area contributed by atoms with E-state index in [0.29, 0.717) is 5.58 Å². The first-order valence-corrected chi connectivity index (χ1v) is 15.5. The summed E-state index contributed by atoms with van der Waals surface area (Å²) in [5.41, 5.74) is 11.0. The number of nitrogens with zero attached hydrogens (tertiary/aromatic N) is 2. The van der Waals surface area contributed by atoms with E-state index in [0.717, 1.165) is 50.0 Å². The molecule has 44 heavy (non-hydrogen) atoms. The molecule has 0 aliphatic carbocycles. The van der Waals surface area contributed by atoms with E-state index in [1.807, 2.05) is 29.5 Å². The molecule has 0 aliphatic heterocycles. The Labute approximate surface area is 257 Å². The average Bonchev–Trinajstić information content (AvgIpc) is 3.67. The van der Waals surface area contributed by atoms with Crippen molar-refractivity contribution in [2.24, 2.45) is 0 Å². The van der Waals surface area contributed by atoms with Crippen LogP contribution in [0.4, 0.5) is 0 Å². The van der Waals surface area contributed by atoms with Crippen LogP contribution in [-0.4, -0.2) is 9.97 Å². The standard InChI is InChI=1S/C40H24N2OS/c1-2-10-25(11-3-1)30-17-8-20-34-37-39(43-38(30)34)36(41-24-42-37)29-15-7-13-27(23-29)26-12-6-14-28(22-26)31-18-9-19-33-32-16-4-5-21-35(32)44-40(31)33/h1-24H. The van der Waals surface area contributed by atoms with Crippen molar-refractivity contribution >= 4 is 53.6 Å². The molecule has 0 saturated carbocycles. The van der Waals surface area contributed by atoms with Gasteiger partial charge in [0, 0.05) is 36.7 Å². The molecule has 9 rings (SSSR count). The number of hydrogen-bond donors (Lipinski definition) is 0. The third-order valence-corrected chi connectivity index (χ3v) is 9.63. The molecule has 0 spiro atoms. The molecule has 0 saturated heterocycles. The summed E-state index contributed by atoms with van der Waals surface area (Å²) >= 11 is 1.86. The Morgan fingerprint density at radius 3 is 1.95 bits per heavy atom. The van der Waals surface area contributed by atoms with Crippen LogP contribution in [0.1, 0.15) is 0 Å². The van der Waals surface area contributed by atoms with Crippen molar-refractivity contribution in [2.75, 3.05) is 0 Å². The fourth-order valence-electron chi connectivity index (χ4n) is 6.34. The van der Waals surface area contributed by atoms with E-state index < -0.39 is 0 Å². The van der Waals surface area contributed by atoms with Crippen LogP contribution in [0, 0.1) is 0 Å². The summed E-state index contributed by atoms with van der Waals surface area (Å²) in [4.78, 5) is 9.38. The minimum absolute atomic E-state index is 0.702. The van der Waals surface area contributed by atoms with E-state index in [1.54, 1.807) is 6.33 Å². The average molecular weight is 581 g/mol. The lowest BCUT2D eigenvalue weighted by molar-refractivity contribution is 0.668. The Kier molecular flexibility index (Phi) is 5.68. The van der Waals surface area contributed by atoms with Crippen LogP contribution in [0.5, 0.6) is 0 Å². The molecule has 9 aromatic rings. The highest BCUT2D eigenvalue weighted by atomic mass is 32.1. The van der Waals surface area contributed by atoms with Crippen LogP contribution in [0.25, 0.3) is 86.9 Å². The maximum atomic E-state index is 6.59. The maximum absolute atomic E-state index is 6.59. The Balaban J connectivity index is 1.16. The number of rotatable bonds is 4. The largest absolute Gasteiger partial charge is 0.451 e. The van der Waals surface area contributed by atoms with Gasteiger partial charge in [0.15, 0.2) is 5.58 Å². The van der Waals surface area contributed by atoms with Gasteiger partial charge in [-0.2, -0.15) is 0 Å². The third-order valence-electron chi connectivity index (χ3n) is 8.41. The summed E-state index contributed by atoms with van der Waals surface area (Å²) < 4.78 is 9.23. The molecule has 0 N–H and O–H groups in total. The Morgan fingerprint density at radius 1 is 0.455 bits per heavy atom. The molecule has 4 heteroatoms. The summed E-state index contributed by atoms with van der Waals surface area (Å²) in [5, 5.41) is 3.62. The van der Waals surface area contributed by atoms with Crippen molar-refractivity contribution in [1.82, 2.24) is 9.97 Å². The molecule has 0 fully saturated rings. The maximum Gasteiger partial charge on any atom is 0.180 e. The molecule has 206 valence electrons. The van der Waals surface area contributed by atoms with Crippen molar-refractivity contribution in [2.45, 2.75) is 0 Å². The number of para-hydroxylation sites is 1. The highest BCUT2D eigenvalue weighted by Gasteiger charge is 2.18. The van der Waals surface area contributed by atoms with Crippen molar-refractivity contribution in [3.05, 3.63) is 146 Å². The number of benzene rings is 6. The van der Waals surface area contributed by atoms with E-state index in [1.165, 1.54) is 31.3 Å². The van der Waals surface area contributed by atoms with Crippen molar-refractivity contribution in [1.29, 1.82) is 0 Å². The second kappa shape index (κ2) is 10.0. The number of fused-ring (bicyclic) bond motifs is 6. The molecule has 6 aromatic carbocycles. The fraction of sp³-hybridized carbons (Fsp3) is 0. The van der Waals surface area contributed by atoms with E-state index >= 15 is 0 Å². The fourth-order valence-corrected chi connectivity index (χ4v) is 7.57. The van der Waals surface area contributed by atoms with Crippen molar-refractivity contribution < 1.29 is 4.42 Å². The predicted octanol–water partition coefficient (Wildman–Crippen LogP) is 11.4. The zero-order valence-corrected chi connectivity index (χ0v) is 24.4.